The molecular weight excluding hydrogens is 382 g/mol. The summed E-state index contributed by atoms with van der Waals surface area (Å²) < 4.78 is 0. The highest BCUT2D eigenvalue weighted by atomic mass is 32.1. The number of hydrogen-bond acceptors (Lipinski definition) is 4. The number of rotatable bonds is 6. The summed E-state index contributed by atoms with van der Waals surface area (Å²) in [4.78, 5) is 30.7. The molecule has 1 N–H and O–H groups in total. The molecule has 2 aromatic rings. The molecule has 0 saturated carbocycles. The first-order chi connectivity index (χ1) is 14.2. The fourth-order valence-electron chi connectivity index (χ4n) is 4.46. The topological polar surface area (TPSA) is 52.7 Å². The first kappa shape index (κ1) is 20.1. The predicted molar refractivity (Wildman–Crippen MR) is 116 cm³/mol. The molecule has 1 aromatic heterocycles. The van der Waals surface area contributed by atoms with Crippen LogP contribution in [0.25, 0.3) is 0 Å². The van der Waals surface area contributed by atoms with E-state index in [2.05, 4.69) is 34.5 Å². The molecule has 0 bridgehead atoms. The number of benzene rings is 1. The van der Waals surface area contributed by atoms with Crippen LogP contribution in [0.15, 0.2) is 47.8 Å². The molecule has 3 heterocycles. The monoisotopic (exact) mass is 411 g/mol. The van der Waals surface area contributed by atoms with Crippen molar-refractivity contribution < 1.29 is 9.59 Å². The van der Waals surface area contributed by atoms with Crippen LogP contribution in [0.5, 0.6) is 0 Å². The molecule has 2 aliphatic heterocycles. The predicted octanol–water partition coefficient (Wildman–Crippen LogP) is 3.55. The molecule has 2 fully saturated rings. The zero-order chi connectivity index (χ0) is 20.1. The van der Waals surface area contributed by atoms with Crippen LogP contribution in [0, 0.1) is 5.92 Å². The summed E-state index contributed by atoms with van der Waals surface area (Å²) in [6, 6.07) is 14.4. The van der Waals surface area contributed by atoms with Crippen molar-refractivity contribution in [1.82, 2.24) is 15.1 Å². The van der Waals surface area contributed by atoms with Gasteiger partial charge in [0.15, 0.2) is 0 Å². The van der Waals surface area contributed by atoms with E-state index in [0.717, 1.165) is 37.4 Å². The van der Waals surface area contributed by atoms with E-state index < -0.39 is 0 Å². The third-order valence-corrected chi connectivity index (χ3v) is 6.90. The van der Waals surface area contributed by atoms with Crippen LogP contribution in [-0.2, 0) is 4.79 Å². The molecule has 2 saturated heterocycles. The average Bonchev–Trinajstić information content (AvgIpc) is 3.49. The van der Waals surface area contributed by atoms with E-state index in [4.69, 9.17) is 0 Å². The molecule has 2 amide bonds. The molecule has 2 aliphatic rings. The summed E-state index contributed by atoms with van der Waals surface area (Å²) in [7, 11) is 0. The van der Waals surface area contributed by atoms with E-state index in [1.165, 1.54) is 29.7 Å². The minimum Gasteiger partial charge on any atom is -0.354 e. The van der Waals surface area contributed by atoms with Gasteiger partial charge in [-0.15, -0.1) is 11.3 Å². The third kappa shape index (κ3) is 4.87. The molecule has 0 unspecified atom stereocenters. The molecule has 154 valence electrons. The Hall–Kier alpha value is -2.18. The van der Waals surface area contributed by atoms with Crippen molar-refractivity contribution in [2.45, 2.75) is 31.7 Å². The second-order valence-corrected chi connectivity index (χ2v) is 8.93. The molecule has 2 atom stereocenters. The van der Waals surface area contributed by atoms with Crippen LogP contribution in [0.1, 0.15) is 47.0 Å². The van der Waals surface area contributed by atoms with E-state index in [9.17, 15) is 9.59 Å². The van der Waals surface area contributed by atoms with Crippen molar-refractivity contribution in [3.05, 3.63) is 58.3 Å². The van der Waals surface area contributed by atoms with Crippen LogP contribution in [0.3, 0.4) is 0 Å². The van der Waals surface area contributed by atoms with Crippen LogP contribution in [0.2, 0.25) is 0 Å². The van der Waals surface area contributed by atoms with E-state index in [0.29, 0.717) is 13.1 Å². The lowest BCUT2D eigenvalue weighted by Gasteiger charge is -2.33. The van der Waals surface area contributed by atoms with Crippen LogP contribution in [-0.4, -0.2) is 54.3 Å². The average molecular weight is 412 g/mol. The van der Waals surface area contributed by atoms with Gasteiger partial charge in [0.05, 0.1) is 16.8 Å². The largest absolute Gasteiger partial charge is 0.354 e. The van der Waals surface area contributed by atoms with E-state index in [-0.39, 0.29) is 23.8 Å². The third-order valence-electron chi connectivity index (χ3n) is 6.05. The normalized spacial score (nSPS) is 21.1. The Morgan fingerprint density at radius 3 is 2.55 bits per heavy atom. The van der Waals surface area contributed by atoms with Gasteiger partial charge in [-0.05, 0) is 55.8 Å². The summed E-state index contributed by atoms with van der Waals surface area (Å²) >= 11 is 1.46. The van der Waals surface area contributed by atoms with E-state index >= 15 is 0 Å². The highest BCUT2D eigenvalue weighted by Crippen LogP contribution is 2.25. The molecule has 5 nitrogen and oxygen atoms in total. The molecule has 4 rings (SSSR count). The summed E-state index contributed by atoms with van der Waals surface area (Å²) in [6.45, 7) is 4.05. The van der Waals surface area contributed by atoms with Crippen LogP contribution in [0.4, 0.5) is 0 Å². The van der Waals surface area contributed by atoms with Crippen LogP contribution < -0.4 is 5.32 Å². The van der Waals surface area contributed by atoms with Gasteiger partial charge in [0.25, 0.3) is 5.91 Å². The number of thiophene rings is 1. The lowest BCUT2D eigenvalue weighted by Crippen LogP contribution is -2.46. The highest BCUT2D eigenvalue weighted by Gasteiger charge is 2.30. The molecule has 0 radical (unpaired) electrons. The minimum atomic E-state index is -0.123. The SMILES string of the molecule is O=C(NC[C@@H](c1ccccc1)N1CCCC1)[C@@H]1CCCN(C(=O)c2cccs2)C1. The number of nitrogens with zero attached hydrogens (tertiary/aromatic N) is 2. The molecule has 29 heavy (non-hydrogen) atoms. The van der Waals surface area contributed by atoms with E-state index in [1.807, 2.05) is 28.5 Å². The smallest absolute Gasteiger partial charge is 0.263 e. The van der Waals surface area contributed by atoms with Crippen LogP contribution >= 0.6 is 11.3 Å². The Morgan fingerprint density at radius 2 is 1.83 bits per heavy atom. The van der Waals surface area contributed by atoms with Crippen molar-refractivity contribution in [2.24, 2.45) is 5.92 Å². The maximum Gasteiger partial charge on any atom is 0.263 e. The van der Waals surface area contributed by atoms with Crippen molar-refractivity contribution in [2.75, 3.05) is 32.7 Å². The van der Waals surface area contributed by atoms with Gasteiger partial charge in [-0.3, -0.25) is 14.5 Å². The second kappa shape index (κ2) is 9.55. The zero-order valence-electron chi connectivity index (χ0n) is 16.8. The summed E-state index contributed by atoms with van der Waals surface area (Å²) in [5, 5.41) is 5.13. The quantitative estimate of drug-likeness (QED) is 0.791. The lowest BCUT2D eigenvalue weighted by molar-refractivity contribution is -0.126. The Balaban J connectivity index is 1.36. The summed E-state index contributed by atoms with van der Waals surface area (Å²) in [5.74, 6) is 0.00759. The molecule has 0 spiro atoms. The lowest BCUT2D eigenvalue weighted by atomic mass is 9.96. The Kier molecular flexibility index (Phi) is 6.62. The van der Waals surface area contributed by atoms with Crippen molar-refractivity contribution in [1.29, 1.82) is 0 Å². The van der Waals surface area contributed by atoms with Gasteiger partial charge in [0.1, 0.15) is 0 Å². The van der Waals surface area contributed by atoms with Gasteiger partial charge in [-0.1, -0.05) is 36.4 Å². The maximum atomic E-state index is 12.9. The zero-order valence-corrected chi connectivity index (χ0v) is 17.6. The molecule has 0 aliphatic carbocycles. The van der Waals surface area contributed by atoms with Crippen molar-refractivity contribution >= 4 is 23.2 Å². The first-order valence-corrected chi connectivity index (χ1v) is 11.5. The highest BCUT2D eigenvalue weighted by molar-refractivity contribution is 7.12. The van der Waals surface area contributed by atoms with Gasteiger partial charge in [0, 0.05) is 19.6 Å². The maximum absolute atomic E-state index is 12.9. The number of carbonyl (C=O) groups is 2. The van der Waals surface area contributed by atoms with Gasteiger partial charge in [-0.2, -0.15) is 0 Å². The molecule has 1 aromatic carbocycles. The fraction of sp³-hybridized carbons (Fsp3) is 0.478. The Bertz CT molecular complexity index is 803. The standard InChI is InChI=1S/C23H29N3O2S/c27-22(19-10-6-14-26(17-19)23(28)21-11-7-15-29-21)24-16-20(25-12-4-5-13-25)18-8-2-1-3-9-18/h1-3,7-9,11,15,19-20H,4-6,10,12-14,16-17H2,(H,24,27)/t19-,20+/m1/s1. The number of amides is 2. The number of nitrogens with one attached hydrogen (secondary N) is 1. The van der Waals surface area contributed by atoms with Gasteiger partial charge in [-0.25, -0.2) is 0 Å². The first-order valence-electron chi connectivity index (χ1n) is 10.6. The number of hydrogen-bond donors (Lipinski definition) is 1. The minimum absolute atomic E-state index is 0.0525. The molecule has 6 heteroatoms. The number of likely N-dealkylation sites (tertiary alicyclic amines) is 2. The van der Waals surface area contributed by atoms with Gasteiger partial charge >= 0.3 is 0 Å². The summed E-state index contributed by atoms with van der Waals surface area (Å²) in [6.07, 6.45) is 4.17. The van der Waals surface area contributed by atoms with E-state index in [1.54, 1.807) is 0 Å². The number of carbonyl (C=O) groups excluding carboxylic acids is 2. The second-order valence-electron chi connectivity index (χ2n) is 7.98. The number of piperidine rings is 1. The van der Waals surface area contributed by atoms with Crippen molar-refractivity contribution in [3.63, 3.8) is 0 Å². The molecular formula is C23H29N3O2S. The fourth-order valence-corrected chi connectivity index (χ4v) is 5.15. The van der Waals surface area contributed by atoms with Gasteiger partial charge in [0.2, 0.25) is 5.91 Å². The van der Waals surface area contributed by atoms with Crippen molar-refractivity contribution in [3.8, 4) is 0 Å². The Labute approximate surface area is 176 Å². The van der Waals surface area contributed by atoms with Gasteiger partial charge < -0.3 is 10.2 Å². The summed E-state index contributed by atoms with van der Waals surface area (Å²) in [5.41, 5.74) is 1.26. The Morgan fingerprint density at radius 1 is 1.03 bits per heavy atom.